The first kappa shape index (κ1) is 21.6. The molecule has 0 aliphatic carbocycles. The molecule has 3 N–H and O–H groups in total. The Kier molecular flexibility index (Phi) is 6.28. The van der Waals surface area contributed by atoms with Crippen molar-refractivity contribution in [2.45, 2.75) is 25.3 Å². The monoisotopic (exact) mass is 445 g/mol. The van der Waals surface area contributed by atoms with Crippen LogP contribution in [0.25, 0.3) is 0 Å². The third kappa shape index (κ3) is 5.08. The van der Waals surface area contributed by atoms with Gasteiger partial charge in [0.15, 0.2) is 0 Å². The SMILES string of the molecule is Cc1cc(C)c(CNC(=O)c2ccc(S(=O)(=O)Nc3ccc(Cl)cc3)cc2)c(=O)[nH]1. The molecule has 7 nitrogen and oxygen atoms in total. The number of aromatic nitrogens is 1. The van der Waals surface area contributed by atoms with Crippen LogP contribution < -0.4 is 15.6 Å². The Balaban J connectivity index is 1.69. The van der Waals surface area contributed by atoms with E-state index in [1.165, 1.54) is 24.3 Å². The average molecular weight is 446 g/mol. The summed E-state index contributed by atoms with van der Waals surface area (Å²) < 4.78 is 27.4. The molecule has 1 amide bonds. The van der Waals surface area contributed by atoms with E-state index < -0.39 is 15.9 Å². The van der Waals surface area contributed by atoms with Crippen molar-refractivity contribution < 1.29 is 13.2 Å². The highest BCUT2D eigenvalue weighted by Gasteiger charge is 2.16. The van der Waals surface area contributed by atoms with E-state index >= 15 is 0 Å². The number of benzene rings is 2. The first-order chi connectivity index (χ1) is 14.2. The summed E-state index contributed by atoms with van der Waals surface area (Å²) in [5.74, 6) is -0.413. The molecule has 0 unspecified atom stereocenters. The molecule has 0 saturated heterocycles. The molecule has 9 heteroatoms. The molecule has 1 aromatic heterocycles. The number of rotatable bonds is 6. The minimum atomic E-state index is -3.81. The summed E-state index contributed by atoms with van der Waals surface area (Å²) >= 11 is 5.80. The van der Waals surface area contributed by atoms with E-state index in [2.05, 4.69) is 15.0 Å². The average Bonchev–Trinajstić information content (AvgIpc) is 2.68. The summed E-state index contributed by atoms with van der Waals surface area (Å²) in [5, 5.41) is 3.18. The van der Waals surface area contributed by atoms with Gasteiger partial charge in [-0.25, -0.2) is 8.42 Å². The zero-order valence-corrected chi connectivity index (χ0v) is 17.9. The number of aryl methyl sites for hydroxylation is 2. The highest BCUT2D eigenvalue weighted by atomic mass is 35.5. The van der Waals surface area contributed by atoms with Crippen LogP contribution in [-0.4, -0.2) is 19.3 Å². The molecule has 0 bridgehead atoms. The Morgan fingerprint density at radius 3 is 2.27 bits per heavy atom. The van der Waals surface area contributed by atoms with Crippen LogP contribution in [0.4, 0.5) is 5.69 Å². The molecule has 2 aromatic carbocycles. The van der Waals surface area contributed by atoms with Crippen molar-refractivity contribution in [2.75, 3.05) is 4.72 Å². The Labute approximate surface area is 179 Å². The summed E-state index contributed by atoms with van der Waals surface area (Å²) in [6.45, 7) is 3.66. The molecule has 0 aliphatic rings. The number of anilines is 1. The van der Waals surface area contributed by atoms with Crippen molar-refractivity contribution in [3.05, 3.63) is 92.4 Å². The van der Waals surface area contributed by atoms with E-state index in [-0.39, 0.29) is 22.6 Å². The van der Waals surface area contributed by atoms with Crippen molar-refractivity contribution in [1.29, 1.82) is 0 Å². The first-order valence-corrected chi connectivity index (χ1v) is 10.9. The number of pyridine rings is 1. The van der Waals surface area contributed by atoms with Crippen molar-refractivity contribution in [3.8, 4) is 0 Å². The van der Waals surface area contributed by atoms with Crippen LogP contribution in [0.3, 0.4) is 0 Å². The number of hydrogen-bond acceptors (Lipinski definition) is 4. The Morgan fingerprint density at radius 2 is 1.67 bits per heavy atom. The Bertz CT molecular complexity index is 1230. The Morgan fingerprint density at radius 1 is 1.03 bits per heavy atom. The van der Waals surface area contributed by atoms with Gasteiger partial charge in [-0.1, -0.05) is 11.6 Å². The van der Waals surface area contributed by atoms with E-state index in [0.717, 1.165) is 11.3 Å². The Hall–Kier alpha value is -3.10. The second kappa shape index (κ2) is 8.73. The molecular formula is C21H20ClN3O4S. The number of carbonyl (C=O) groups is 1. The molecule has 0 atom stereocenters. The minimum Gasteiger partial charge on any atom is -0.348 e. The van der Waals surface area contributed by atoms with Crippen LogP contribution in [0.1, 0.15) is 27.2 Å². The molecule has 3 rings (SSSR count). The number of nitrogens with one attached hydrogen (secondary N) is 3. The third-order valence-corrected chi connectivity index (χ3v) is 6.09. The lowest BCUT2D eigenvalue weighted by atomic mass is 10.1. The van der Waals surface area contributed by atoms with Gasteiger partial charge >= 0.3 is 0 Å². The van der Waals surface area contributed by atoms with Crippen LogP contribution in [0, 0.1) is 13.8 Å². The van der Waals surface area contributed by atoms with Gasteiger partial charge in [0.1, 0.15) is 0 Å². The van der Waals surface area contributed by atoms with Gasteiger partial charge in [-0.3, -0.25) is 14.3 Å². The molecule has 0 fully saturated rings. The molecule has 1 heterocycles. The summed E-state index contributed by atoms with van der Waals surface area (Å²) in [6, 6.07) is 13.6. The van der Waals surface area contributed by atoms with Gasteiger partial charge in [0.05, 0.1) is 4.90 Å². The summed E-state index contributed by atoms with van der Waals surface area (Å²) in [5.41, 5.74) is 2.41. The summed E-state index contributed by atoms with van der Waals surface area (Å²) in [4.78, 5) is 27.2. The predicted molar refractivity (Wildman–Crippen MR) is 116 cm³/mol. The number of hydrogen-bond donors (Lipinski definition) is 3. The minimum absolute atomic E-state index is 0.0137. The normalized spacial score (nSPS) is 11.2. The number of sulfonamides is 1. The quantitative estimate of drug-likeness (QED) is 0.540. The van der Waals surface area contributed by atoms with E-state index in [9.17, 15) is 18.0 Å². The van der Waals surface area contributed by atoms with Gasteiger partial charge in [0.25, 0.3) is 21.5 Å². The maximum Gasteiger partial charge on any atom is 0.261 e. The number of halogens is 1. The van der Waals surface area contributed by atoms with Crippen molar-refractivity contribution in [2.24, 2.45) is 0 Å². The molecule has 30 heavy (non-hydrogen) atoms. The first-order valence-electron chi connectivity index (χ1n) is 9.02. The molecule has 0 saturated carbocycles. The van der Waals surface area contributed by atoms with Crippen LogP contribution in [0.15, 0.2) is 64.3 Å². The van der Waals surface area contributed by atoms with Crippen LogP contribution >= 0.6 is 11.6 Å². The zero-order chi connectivity index (χ0) is 21.9. The zero-order valence-electron chi connectivity index (χ0n) is 16.3. The molecular weight excluding hydrogens is 426 g/mol. The topological polar surface area (TPSA) is 108 Å². The standard InChI is InChI=1S/C21H20ClN3O4S/c1-13-11-14(2)24-21(27)19(13)12-23-20(26)15-3-9-18(10-4-15)30(28,29)25-17-7-5-16(22)6-8-17/h3-11,25H,12H2,1-2H3,(H,23,26)(H,24,27). The van der Waals surface area contributed by atoms with E-state index in [1.54, 1.807) is 38.1 Å². The number of aromatic amines is 1. The second-order valence-electron chi connectivity index (χ2n) is 6.76. The van der Waals surface area contributed by atoms with Gasteiger partial charge in [-0.15, -0.1) is 0 Å². The van der Waals surface area contributed by atoms with Crippen molar-refractivity contribution >= 4 is 33.2 Å². The largest absolute Gasteiger partial charge is 0.348 e. The lowest BCUT2D eigenvalue weighted by molar-refractivity contribution is 0.0950. The van der Waals surface area contributed by atoms with E-state index in [1.807, 2.05) is 6.07 Å². The van der Waals surface area contributed by atoms with Gasteiger partial charge in [-0.2, -0.15) is 0 Å². The maximum atomic E-state index is 12.5. The summed E-state index contributed by atoms with van der Waals surface area (Å²) in [7, 11) is -3.81. The van der Waals surface area contributed by atoms with E-state index in [4.69, 9.17) is 11.6 Å². The number of amides is 1. The van der Waals surface area contributed by atoms with Crippen molar-refractivity contribution in [1.82, 2.24) is 10.3 Å². The lowest BCUT2D eigenvalue weighted by Crippen LogP contribution is -2.28. The molecule has 3 aromatic rings. The smallest absolute Gasteiger partial charge is 0.261 e. The number of H-pyrrole nitrogens is 1. The third-order valence-electron chi connectivity index (χ3n) is 4.44. The fraction of sp³-hybridized carbons (Fsp3) is 0.143. The van der Waals surface area contributed by atoms with Gasteiger partial charge in [0.2, 0.25) is 0 Å². The molecule has 156 valence electrons. The van der Waals surface area contributed by atoms with E-state index in [0.29, 0.717) is 16.3 Å². The maximum absolute atomic E-state index is 12.5. The van der Waals surface area contributed by atoms with Crippen molar-refractivity contribution in [3.63, 3.8) is 0 Å². The van der Waals surface area contributed by atoms with Gasteiger partial charge in [0, 0.05) is 34.1 Å². The van der Waals surface area contributed by atoms with Crippen LogP contribution in [0.5, 0.6) is 0 Å². The predicted octanol–water partition coefficient (Wildman–Crippen LogP) is 3.38. The molecule has 0 radical (unpaired) electrons. The van der Waals surface area contributed by atoms with Crippen LogP contribution in [0.2, 0.25) is 5.02 Å². The lowest BCUT2D eigenvalue weighted by Gasteiger charge is -2.10. The highest BCUT2D eigenvalue weighted by molar-refractivity contribution is 7.92. The fourth-order valence-electron chi connectivity index (χ4n) is 2.89. The summed E-state index contributed by atoms with van der Waals surface area (Å²) in [6.07, 6.45) is 0. The van der Waals surface area contributed by atoms with Gasteiger partial charge < -0.3 is 10.3 Å². The fourth-order valence-corrected chi connectivity index (χ4v) is 4.07. The van der Waals surface area contributed by atoms with Gasteiger partial charge in [-0.05, 0) is 74.0 Å². The highest BCUT2D eigenvalue weighted by Crippen LogP contribution is 2.19. The number of carbonyl (C=O) groups excluding carboxylic acids is 1. The molecule has 0 spiro atoms. The van der Waals surface area contributed by atoms with Crippen LogP contribution in [-0.2, 0) is 16.6 Å². The molecule has 0 aliphatic heterocycles. The second-order valence-corrected chi connectivity index (χ2v) is 8.88.